The topological polar surface area (TPSA) is 87.2 Å². The van der Waals surface area contributed by atoms with Crippen molar-refractivity contribution in [2.75, 3.05) is 5.75 Å². The molecule has 0 heterocycles. The Bertz CT molecular complexity index is 116. The first-order valence-corrected chi connectivity index (χ1v) is 3.30. The molecule has 4 N–H and O–H groups in total. The van der Waals surface area contributed by atoms with Gasteiger partial charge in [0, 0.05) is 5.75 Å². The van der Waals surface area contributed by atoms with Crippen molar-refractivity contribution in [3.63, 3.8) is 0 Å². The maximum atomic E-state index is 9.86. The lowest BCUT2D eigenvalue weighted by atomic mass is 10.5. The third-order valence-electron chi connectivity index (χ3n) is 0.573. The highest BCUT2D eigenvalue weighted by Crippen LogP contribution is 1.99. The van der Waals surface area contributed by atoms with Gasteiger partial charge < -0.3 is 23.2 Å². The van der Waals surface area contributed by atoms with E-state index in [0.29, 0.717) is 5.75 Å². The number of thioether (sulfide) groups is 1. The Kier molecular flexibility index (Phi) is 8.22. The first-order chi connectivity index (χ1) is 4.13. The number of carbonyl (C=O) groups is 1. The predicted molar refractivity (Wildman–Crippen MR) is 36.6 cm³/mol. The molecule has 0 amide bonds. The van der Waals surface area contributed by atoms with Gasteiger partial charge in [0.25, 0.3) is 0 Å². The van der Waals surface area contributed by atoms with Crippen molar-refractivity contribution < 1.29 is 22.3 Å². The Labute approximate surface area is 69.1 Å². The quantitative estimate of drug-likeness (QED) is 0.324. The van der Waals surface area contributed by atoms with Gasteiger partial charge in [-0.3, -0.25) is 10.2 Å². The molecular weight excluding hydrogens is 176 g/mol. The fraction of sp³-hybridized carbons (Fsp3) is 0.500. The van der Waals surface area contributed by atoms with Crippen molar-refractivity contribution in [1.82, 2.24) is 0 Å². The SMILES string of the molecule is N=C(N)SCCC(=O)O.[Cl-]. The highest BCUT2D eigenvalue weighted by molar-refractivity contribution is 8.13. The van der Waals surface area contributed by atoms with Crippen LogP contribution in [0.25, 0.3) is 0 Å². The van der Waals surface area contributed by atoms with Crippen molar-refractivity contribution >= 4 is 22.9 Å². The lowest BCUT2D eigenvalue weighted by Gasteiger charge is -1.92. The molecule has 0 aromatic heterocycles. The van der Waals surface area contributed by atoms with Crippen LogP contribution >= 0.6 is 11.8 Å². The van der Waals surface area contributed by atoms with Crippen molar-refractivity contribution in [2.45, 2.75) is 6.42 Å². The Morgan fingerprint density at radius 3 is 2.50 bits per heavy atom. The molecular formula is C4H8ClN2O2S-. The van der Waals surface area contributed by atoms with E-state index in [4.69, 9.17) is 16.2 Å². The van der Waals surface area contributed by atoms with Gasteiger partial charge in [-0.05, 0) is 0 Å². The van der Waals surface area contributed by atoms with Crippen LogP contribution in [0.4, 0.5) is 0 Å². The molecule has 4 nitrogen and oxygen atoms in total. The molecule has 0 aromatic carbocycles. The van der Waals surface area contributed by atoms with Crippen molar-refractivity contribution in [3.8, 4) is 0 Å². The summed E-state index contributed by atoms with van der Waals surface area (Å²) in [5, 5.41) is 14.8. The first-order valence-electron chi connectivity index (χ1n) is 2.31. The molecule has 6 heteroatoms. The average Bonchev–Trinajstić information content (AvgIpc) is 1.63. The van der Waals surface area contributed by atoms with Crippen LogP contribution in [0.2, 0.25) is 0 Å². The van der Waals surface area contributed by atoms with Crippen LogP contribution in [-0.2, 0) is 4.79 Å². The largest absolute Gasteiger partial charge is 1.00 e. The van der Waals surface area contributed by atoms with Crippen LogP contribution in [0.3, 0.4) is 0 Å². The molecule has 60 valence electrons. The molecule has 0 saturated carbocycles. The Balaban J connectivity index is 0. The minimum Gasteiger partial charge on any atom is -1.00 e. The van der Waals surface area contributed by atoms with E-state index in [0.717, 1.165) is 11.8 Å². The van der Waals surface area contributed by atoms with Gasteiger partial charge in [-0.1, -0.05) is 11.8 Å². The number of halogens is 1. The van der Waals surface area contributed by atoms with Gasteiger partial charge in [0.1, 0.15) is 0 Å². The van der Waals surface area contributed by atoms with Crippen LogP contribution in [0.1, 0.15) is 6.42 Å². The van der Waals surface area contributed by atoms with Gasteiger partial charge in [-0.25, -0.2) is 0 Å². The molecule has 0 saturated heterocycles. The summed E-state index contributed by atoms with van der Waals surface area (Å²) in [4.78, 5) is 9.86. The minimum absolute atomic E-state index is 0. The summed E-state index contributed by atoms with van der Waals surface area (Å²) in [7, 11) is 0. The number of nitrogens with one attached hydrogen (secondary N) is 1. The molecule has 0 bridgehead atoms. The Morgan fingerprint density at radius 1 is 1.70 bits per heavy atom. The average molecular weight is 184 g/mol. The van der Waals surface area contributed by atoms with E-state index >= 15 is 0 Å². The number of amidine groups is 1. The Hall–Kier alpha value is -0.420. The van der Waals surface area contributed by atoms with Crippen LogP contribution in [-0.4, -0.2) is 22.0 Å². The van der Waals surface area contributed by atoms with Gasteiger partial charge in [-0.2, -0.15) is 0 Å². The van der Waals surface area contributed by atoms with Crippen LogP contribution < -0.4 is 18.1 Å². The number of rotatable bonds is 3. The number of nitrogens with two attached hydrogens (primary N) is 1. The summed E-state index contributed by atoms with van der Waals surface area (Å²) in [6.07, 6.45) is 0.0598. The van der Waals surface area contributed by atoms with Gasteiger partial charge in [-0.15, -0.1) is 0 Å². The second kappa shape index (κ2) is 6.70. The number of hydrogen-bond acceptors (Lipinski definition) is 3. The molecule has 0 aliphatic carbocycles. The van der Waals surface area contributed by atoms with Crippen molar-refractivity contribution in [1.29, 1.82) is 5.41 Å². The molecule has 0 radical (unpaired) electrons. The molecule has 0 rings (SSSR count). The number of aliphatic carboxylic acids is 1. The zero-order chi connectivity index (χ0) is 7.28. The van der Waals surface area contributed by atoms with Crippen LogP contribution in [0.15, 0.2) is 0 Å². The van der Waals surface area contributed by atoms with Gasteiger partial charge >= 0.3 is 5.97 Å². The van der Waals surface area contributed by atoms with Gasteiger partial charge in [0.2, 0.25) is 0 Å². The molecule has 10 heavy (non-hydrogen) atoms. The number of carboxylic acid groups (broad SMARTS) is 1. The summed E-state index contributed by atoms with van der Waals surface area (Å²) < 4.78 is 0. The first kappa shape index (κ1) is 12.3. The fourth-order valence-corrected chi connectivity index (χ4v) is 0.745. The highest BCUT2D eigenvalue weighted by Gasteiger charge is 1.96. The summed E-state index contributed by atoms with van der Waals surface area (Å²) in [5.74, 6) is -0.478. The van der Waals surface area contributed by atoms with Crippen molar-refractivity contribution in [3.05, 3.63) is 0 Å². The fourth-order valence-electron chi connectivity index (χ4n) is 0.248. The monoisotopic (exact) mass is 183 g/mol. The van der Waals surface area contributed by atoms with E-state index in [9.17, 15) is 4.79 Å². The van der Waals surface area contributed by atoms with E-state index in [1.165, 1.54) is 0 Å². The summed E-state index contributed by atoms with van der Waals surface area (Å²) >= 11 is 1.04. The van der Waals surface area contributed by atoms with Gasteiger partial charge in [0.15, 0.2) is 5.17 Å². The molecule has 0 fully saturated rings. The third kappa shape index (κ3) is 10.5. The number of hydrogen-bond donors (Lipinski definition) is 3. The minimum atomic E-state index is -0.858. The predicted octanol–water partition coefficient (Wildman–Crippen LogP) is -2.91. The lowest BCUT2D eigenvalue weighted by Crippen LogP contribution is -3.00. The smallest absolute Gasteiger partial charge is 0.304 e. The second-order valence-corrected chi connectivity index (χ2v) is 2.49. The standard InChI is InChI=1S/C4H8N2O2S.ClH/c5-4(6)9-2-1-3(7)8;/h1-2H2,(H3,5,6)(H,7,8);1H/p-1. The molecule has 0 atom stereocenters. The third-order valence-corrected chi connectivity index (χ3v) is 1.29. The lowest BCUT2D eigenvalue weighted by molar-refractivity contribution is -0.136. The maximum absolute atomic E-state index is 9.86. The van der Waals surface area contributed by atoms with Crippen molar-refractivity contribution in [2.24, 2.45) is 5.73 Å². The second-order valence-electron chi connectivity index (χ2n) is 1.36. The molecule has 0 unspecified atom stereocenters. The van der Waals surface area contributed by atoms with E-state index in [2.05, 4.69) is 0 Å². The van der Waals surface area contributed by atoms with E-state index in [1.807, 2.05) is 0 Å². The zero-order valence-corrected chi connectivity index (χ0v) is 6.71. The highest BCUT2D eigenvalue weighted by atomic mass is 35.5. The van der Waals surface area contributed by atoms with Crippen LogP contribution in [0, 0.1) is 5.41 Å². The van der Waals surface area contributed by atoms with E-state index < -0.39 is 5.97 Å². The normalized spacial score (nSPS) is 8.00. The molecule has 0 aliphatic heterocycles. The zero-order valence-electron chi connectivity index (χ0n) is 5.13. The van der Waals surface area contributed by atoms with Crippen LogP contribution in [0.5, 0.6) is 0 Å². The molecule has 0 aliphatic rings. The maximum Gasteiger partial charge on any atom is 0.304 e. The Morgan fingerprint density at radius 2 is 2.20 bits per heavy atom. The summed E-state index contributed by atoms with van der Waals surface area (Å²) in [6, 6.07) is 0. The van der Waals surface area contributed by atoms with E-state index in [-0.39, 0.29) is 24.0 Å². The summed E-state index contributed by atoms with van der Waals surface area (Å²) in [5.41, 5.74) is 4.93. The van der Waals surface area contributed by atoms with E-state index in [1.54, 1.807) is 0 Å². The number of carboxylic acids is 1. The summed E-state index contributed by atoms with van der Waals surface area (Å²) in [6.45, 7) is 0. The molecule has 0 spiro atoms. The molecule has 0 aromatic rings. The van der Waals surface area contributed by atoms with Gasteiger partial charge in [0.05, 0.1) is 6.42 Å².